The minimum absolute atomic E-state index is 0.00585. The van der Waals surface area contributed by atoms with Gasteiger partial charge in [-0.05, 0) is 37.6 Å². The van der Waals surface area contributed by atoms with E-state index in [4.69, 9.17) is 9.26 Å². The van der Waals surface area contributed by atoms with Gasteiger partial charge < -0.3 is 14.2 Å². The number of hydrogen-bond donors (Lipinski definition) is 0. The highest BCUT2D eigenvalue weighted by Gasteiger charge is 2.31. The van der Waals surface area contributed by atoms with Crippen LogP contribution in [-0.2, 0) is 6.61 Å². The molecule has 1 unspecified atom stereocenters. The SMILES string of the molecule is Cc1ccc(OCc2nc(C3CCN(C(=O)c4ccncc4)C3)no2)cc1. The van der Waals surface area contributed by atoms with Crippen molar-refractivity contribution in [3.8, 4) is 5.75 Å². The van der Waals surface area contributed by atoms with Crippen LogP contribution < -0.4 is 4.74 Å². The zero-order chi connectivity index (χ0) is 18.6. The number of likely N-dealkylation sites (tertiary alicyclic amines) is 1. The fraction of sp³-hybridized carbons (Fsp3) is 0.300. The molecule has 0 bridgehead atoms. The van der Waals surface area contributed by atoms with Gasteiger partial charge in [-0.1, -0.05) is 22.9 Å². The molecule has 0 radical (unpaired) electrons. The van der Waals surface area contributed by atoms with Crippen molar-refractivity contribution in [2.45, 2.75) is 25.9 Å². The lowest BCUT2D eigenvalue weighted by molar-refractivity contribution is 0.0790. The maximum Gasteiger partial charge on any atom is 0.264 e. The molecule has 0 spiro atoms. The molecule has 4 rings (SSSR count). The number of pyridine rings is 1. The predicted octanol–water partition coefficient (Wildman–Crippen LogP) is 2.98. The van der Waals surface area contributed by atoms with Crippen LogP contribution in [0.2, 0.25) is 0 Å². The van der Waals surface area contributed by atoms with E-state index in [1.54, 1.807) is 24.5 Å². The number of rotatable bonds is 5. The largest absolute Gasteiger partial charge is 0.484 e. The summed E-state index contributed by atoms with van der Waals surface area (Å²) in [6, 6.07) is 11.2. The van der Waals surface area contributed by atoms with Crippen molar-refractivity contribution in [1.29, 1.82) is 0 Å². The van der Waals surface area contributed by atoms with Crippen molar-refractivity contribution in [2.24, 2.45) is 0 Å². The normalized spacial score (nSPS) is 16.5. The van der Waals surface area contributed by atoms with Crippen molar-refractivity contribution < 1.29 is 14.1 Å². The van der Waals surface area contributed by atoms with E-state index >= 15 is 0 Å². The van der Waals surface area contributed by atoms with Gasteiger partial charge in [0, 0.05) is 37.0 Å². The Bertz CT molecular complexity index is 908. The molecule has 1 amide bonds. The van der Waals surface area contributed by atoms with Crippen molar-refractivity contribution in [1.82, 2.24) is 20.0 Å². The third-order valence-corrected chi connectivity index (χ3v) is 4.63. The average Bonchev–Trinajstić information content (AvgIpc) is 3.37. The molecular weight excluding hydrogens is 344 g/mol. The summed E-state index contributed by atoms with van der Waals surface area (Å²) in [5.74, 6) is 1.90. The van der Waals surface area contributed by atoms with E-state index in [1.165, 1.54) is 5.56 Å². The molecule has 2 aromatic heterocycles. The van der Waals surface area contributed by atoms with E-state index in [0.717, 1.165) is 12.2 Å². The van der Waals surface area contributed by atoms with Gasteiger partial charge in [0.1, 0.15) is 5.75 Å². The van der Waals surface area contributed by atoms with Gasteiger partial charge in [-0.3, -0.25) is 9.78 Å². The number of aromatic nitrogens is 3. The second kappa shape index (κ2) is 7.57. The van der Waals surface area contributed by atoms with Crippen LogP contribution in [0.1, 0.15) is 40.0 Å². The third kappa shape index (κ3) is 3.97. The number of benzene rings is 1. The molecule has 1 fully saturated rings. The molecule has 1 aliphatic heterocycles. The van der Waals surface area contributed by atoms with E-state index in [-0.39, 0.29) is 18.4 Å². The first-order valence-corrected chi connectivity index (χ1v) is 8.90. The summed E-state index contributed by atoms with van der Waals surface area (Å²) >= 11 is 0. The van der Waals surface area contributed by atoms with Gasteiger partial charge in [-0.2, -0.15) is 4.98 Å². The van der Waals surface area contributed by atoms with Crippen LogP contribution in [0.5, 0.6) is 5.75 Å². The Morgan fingerprint density at radius 1 is 1.22 bits per heavy atom. The van der Waals surface area contributed by atoms with Crippen LogP contribution in [0.3, 0.4) is 0 Å². The Balaban J connectivity index is 1.35. The van der Waals surface area contributed by atoms with E-state index in [9.17, 15) is 4.79 Å². The Labute approximate surface area is 157 Å². The lowest BCUT2D eigenvalue weighted by Gasteiger charge is -2.15. The van der Waals surface area contributed by atoms with Crippen LogP contribution in [-0.4, -0.2) is 39.0 Å². The van der Waals surface area contributed by atoms with Crippen molar-refractivity contribution >= 4 is 5.91 Å². The standard InChI is InChI=1S/C20H20N4O3/c1-14-2-4-17(5-3-14)26-13-18-22-19(23-27-18)16-8-11-24(12-16)20(25)15-6-9-21-10-7-15/h2-7,9-10,16H,8,11-13H2,1H3. The third-order valence-electron chi connectivity index (χ3n) is 4.63. The quantitative estimate of drug-likeness (QED) is 0.692. The number of aryl methyl sites for hydroxylation is 1. The number of carbonyl (C=O) groups excluding carboxylic acids is 1. The van der Waals surface area contributed by atoms with Crippen LogP contribution in [0.15, 0.2) is 53.3 Å². The second-order valence-corrected chi connectivity index (χ2v) is 6.62. The van der Waals surface area contributed by atoms with Gasteiger partial charge in [0.05, 0.1) is 0 Å². The highest BCUT2D eigenvalue weighted by Crippen LogP contribution is 2.26. The summed E-state index contributed by atoms with van der Waals surface area (Å²) in [7, 11) is 0. The molecule has 0 aliphatic carbocycles. The smallest absolute Gasteiger partial charge is 0.264 e. The Kier molecular flexibility index (Phi) is 4.82. The Morgan fingerprint density at radius 2 is 2.00 bits per heavy atom. The van der Waals surface area contributed by atoms with Crippen LogP contribution in [0.4, 0.5) is 0 Å². The summed E-state index contributed by atoms with van der Waals surface area (Å²) in [5.41, 5.74) is 1.82. The highest BCUT2D eigenvalue weighted by molar-refractivity contribution is 5.94. The fourth-order valence-electron chi connectivity index (χ4n) is 3.10. The molecule has 138 valence electrons. The molecule has 0 saturated carbocycles. The molecule has 3 aromatic rings. The van der Waals surface area contributed by atoms with Gasteiger partial charge in [0.25, 0.3) is 11.8 Å². The van der Waals surface area contributed by atoms with Crippen molar-refractivity contribution in [3.63, 3.8) is 0 Å². The first kappa shape index (κ1) is 17.2. The highest BCUT2D eigenvalue weighted by atomic mass is 16.5. The summed E-state index contributed by atoms with van der Waals surface area (Å²) < 4.78 is 11.0. The zero-order valence-corrected chi connectivity index (χ0v) is 15.0. The summed E-state index contributed by atoms with van der Waals surface area (Å²) in [4.78, 5) is 22.7. The summed E-state index contributed by atoms with van der Waals surface area (Å²) in [6.07, 6.45) is 4.06. The molecule has 1 aliphatic rings. The van der Waals surface area contributed by atoms with Gasteiger partial charge in [-0.15, -0.1) is 0 Å². The average molecular weight is 364 g/mol. The van der Waals surface area contributed by atoms with E-state index < -0.39 is 0 Å². The Hall–Kier alpha value is -3.22. The van der Waals surface area contributed by atoms with Gasteiger partial charge in [0.2, 0.25) is 0 Å². The fourth-order valence-corrected chi connectivity index (χ4v) is 3.10. The van der Waals surface area contributed by atoms with E-state index in [1.807, 2.05) is 36.1 Å². The van der Waals surface area contributed by atoms with Crippen LogP contribution in [0, 0.1) is 6.92 Å². The predicted molar refractivity (Wildman–Crippen MR) is 97.3 cm³/mol. The molecule has 1 aromatic carbocycles. The molecule has 27 heavy (non-hydrogen) atoms. The number of ether oxygens (including phenoxy) is 1. The summed E-state index contributed by atoms with van der Waals surface area (Å²) in [5, 5.41) is 4.08. The number of carbonyl (C=O) groups is 1. The lowest BCUT2D eigenvalue weighted by Crippen LogP contribution is -2.28. The molecule has 7 nitrogen and oxygen atoms in total. The zero-order valence-electron chi connectivity index (χ0n) is 15.0. The topological polar surface area (TPSA) is 81.4 Å². The summed E-state index contributed by atoms with van der Waals surface area (Å²) in [6.45, 7) is 3.51. The second-order valence-electron chi connectivity index (χ2n) is 6.62. The molecule has 0 N–H and O–H groups in total. The number of hydrogen-bond acceptors (Lipinski definition) is 6. The maximum absolute atomic E-state index is 12.5. The lowest BCUT2D eigenvalue weighted by atomic mass is 10.1. The van der Waals surface area contributed by atoms with Gasteiger partial charge in [0.15, 0.2) is 12.4 Å². The van der Waals surface area contributed by atoms with Crippen LogP contribution in [0.25, 0.3) is 0 Å². The molecule has 3 heterocycles. The minimum atomic E-state index is 0.00585. The monoisotopic (exact) mass is 364 g/mol. The molecule has 7 heteroatoms. The first-order valence-electron chi connectivity index (χ1n) is 8.90. The van der Waals surface area contributed by atoms with Gasteiger partial charge >= 0.3 is 0 Å². The number of amides is 1. The molecular formula is C20H20N4O3. The van der Waals surface area contributed by atoms with Crippen LogP contribution >= 0.6 is 0 Å². The Morgan fingerprint density at radius 3 is 2.78 bits per heavy atom. The number of nitrogens with zero attached hydrogens (tertiary/aromatic N) is 4. The molecule has 1 atom stereocenters. The van der Waals surface area contributed by atoms with Gasteiger partial charge in [-0.25, -0.2) is 0 Å². The molecule has 1 saturated heterocycles. The first-order chi connectivity index (χ1) is 13.2. The maximum atomic E-state index is 12.5. The van der Waals surface area contributed by atoms with Crippen molar-refractivity contribution in [2.75, 3.05) is 13.1 Å². The van der Waals surface area contributed by atoms with Crippen molar-refractivity contribution in [3.05, 3.63) is 71.6 Å². The van der Waals surface area contributed by atoms with E-state index in [0.29, 0.717) is 30.4 Å². The van der Waals surface area contributed by atoms with E-state index in [2.05, 4.69) is 15.1 Å². The minimum Gasteiger partial charge on any atom is -0.484 e.